The molecule has 0 aliphatic carbocycles. The van der Waals surface area contributed by atoms with Crippen LogP contribution in [0.15, 0.2) is 48.7 Å². The van der Waals surface area contributed by atoms with Crippen molar-refractivity contribution in [2.75, 3.05) is 17.7 Å². The molecule has 0 fully saturated rings. The van der Waals surface area contributed by atoms with Gasteiger partial charge in [-0.25, -0.2) is 4.79 Å². The minimum atomic E-state index is -0.487. The third-order valence-corrected chi connectivity index (χ3v) is 3.34. The molecule has 6 nitrogen and oxygen atoms in total. The maximum absolute atomic E-state index is 11.2. The SMILES string of the molecule is COC(=O)Nc1cccc(NCc2cccc3cn[nH]c23)c1. The summed E-state index contributed by atoms with van der Waals surface area (Å²) in [4.78, 5) is 11.2. The lowest BCUT2D eigenvalue weighted by atomic mass is 10.1. The molecule has 0 bridgehead atoms. The highest BCUT2D eigenvalue weighted by Gasteiger charge is 2.04. The summed E-state index contributed by atoms with van der Waals surface area (Å²) in [7, 11) is 1.34. The largest absolute Gasteiger partial charge is 0.453 e. The van der Waals surface area contributed by atoms with Crippen molar-refractivity contribution < 1.29 is 9.53 Å². The molecule has 0 aliphatic rings. The second-order valence-electron chi connectivity index (χ2n) is 4.80. The number of fused-ring (bicyclic) bond motifs is 1. The van der Waals surface area contributed by atoms with E-state index < -0.39 is 6.09 Å². The molecule has 0 radical (unpaired) electrons. The van der Waals surface area contributed by atoms with Gasteiger partial charge in [-0.05, 0) is 23.8 Å². The number of ether oxygens (including phenoxy) is 1. The predicted octanol–water partition coefficient (Wildman–Crippen LogP) is 3.35. The number of hydrogen-bond donors (Lipinski definition) is 3. The molecule has 0 aliphatic heterocycles. The second-order valence-corrected chi connectivity index (χ2v) is 4.80. The first kappa shape index (κ1) is 13.9. The van der Waals surface area contributed by atoms with E-state index in [1.165, 1.54) is 7.11 Å². The van der Waals surface area contributed by atoms with Gasteiger partial charge in [0.05, 0.1) is 18.8 Å². The number of carbonyl (C=O) groups is 1. The van der Waals surface area contributed by atoms with Crippen molar-refractivity contribution >= 4 is 28.4 Å². The molecule has 3 N–H and O–H groups in total. The molecule has 112 valence electrons. The molecule has 6 heteroatoms. The van der Waals surface area contributed by atoms with Crippen molar-refractivity contribution in [3.05, 3.63) is 54.2 Å². The number of benzene rings is 2. The van der Waals surface area contributed by atoms with Gasteiger partial charge < -0.3 is 10.1 Å². The van der Waals surface area contributed by atoms with Crippen molar-refractivity contribution in [2.45, 2.75) is 6.54 Å². The van der Waals surface area contributed by atoms with Crippen LogP contribution in [0.4, 0.5) is 16.2 Å². The lowest BCUT2D eigenvalue weighted by Gasteiger charge is -2.09. The third kappa shape index (κ3) is 3.01. The number of H-pyrrole nitrogens is 1. The third-order valence-electron chi connectivity index (χ3n) is 3.34. The van der Waals surface area contributed by atoms with E-state index in [4.69, 9.17) is 0 Å². The van der Waals surface area contributed by atoms with E-state index in [1.807, 2.05) is 36.4 Å². The van der Waals surface area contributed by atoms with Crippen LogP contribution in [0.1, 0.15) is 5.56 Å². The summed E-state index contributed by atoms with van der Waals surface area (Å²) in [6.45, 7) is 0.654. The molecule has 0 saturated heterocycles. The van der Waals surface area contributed by atoms with Gasteiger partial charge in [-0.2, -0.15) is 5.10 Å². The Hall–Kier alpha value is -3.02. The molecule has 22 heavy (non-hydrogen) atoms. The zero-order chi connectivity index (χ0) is 15.4. The molecular formula is C16H16N4O2. The first-order chi connectivity index (χ1) is 10.8. The lowest BCUT2D eigenvalue weighted by Crippen LogP contribution is -2.11. The fourth-order valence-electron chi connectivity index (χ4n) is 2.25. The molecule has 0 atom stereocenters. The number of anilines is 2. The van der Waals surface area contributed by atoms with Crippen LogP contribution in [-0.4, -0.2) is 23.4 Å². The first-order valence-corrected chi connectivity index (χ1v) is 6.86. The highest BCUT2D eigenvalue weighted by Crippen LogP contribution is 2.19. The number of aromatic nitrogens is 2. The molecule has 3 rings (SSSR count). The van der Waals surface area contributed by atoms with E-state index in [0.29, 0.717) is 12.2 Å². The smallest absolute Gasteiger partial charge is 0.411 e. The van der Waals surface area contributed by atoms with Gasteiger partial charge in [0.15, 0.2) is 0 Å². The van der Waals surface area contributed by atoms with E-state index in [2.05, 4.69) is 25.6 Å². The number of carbonyl (C=O) groups excluding carboxylic acids is 1. The minimum absolute atomic E-state index is 0.487. The van der Waals surface area contributed by atoms with E-state index in [9.17, 15) is 4.79 Å². The number of rotatable bonds is 4. The molecule has 0 spiro atoms. The molecule has 2 aromatic carbocycles. The molecular weight excluding hydrogens is 280 g/mol. The first-order valence-electron chi connectivity index (χ1n) is 6.86. The van der Waals surface area contributed by atoms with Crippen LogP contribution in [0.2, 0.25) is 0 Å². The highest BCUT2D eigenvalue weighted by molar-refractivity contribution is 5.85. The monoisotopic (exact) mass is 296 g/mol. The zero-order valence-corrected chi connectivity index (χ0v) is 12.1. The number of nitrogens with one attached hydrogen (secondary N) is 3. The summed E-state index contributed by atoms with van der Waals surface area (Å²) in [5.41, 5.74) is 3.74. The van der Waals surface area contributed by atoms with Gasteiger partial charge in [0, 0.05) is 23.3 Å². The number of aromatic amines is 1. The van der Waals surface area contributed by atoms with E-state index in [0.717, 1.165) is 22.2 Å². The summed E-state index contributed by atoms with van der Waals surface area (Å²) in [6.07, 6.45) is 1.32. The molecule has 1 aromatic heterocycles. The summed E-state index contributed by atoms with van der Waals surface area (Å²) in [5, 5.41) is 14.1. The number of para-hydroxylation sites is 1. The van der Waals surface area contributed by atoms with Crippen LogP contribution < -0.4 is 10.6 Å². The summed E-state index contributed by atoms with van der Waals surface area (Å²) >= 11 is 0. The Balaban J connectivity index is 1.72. The molecule has 0 saturated carbocycles. The van der Waals surface area contributed by atoms with Crippen molar-refractivity contribution in [1.29, 1.82) is 0 Å². The van der Waals surface area contributed by atoms with E-state index >= 15 is 0 Å². The van der Waals surface area contributed by atoms with Gasteiger partial charge in [-0.15, -0.1) is 0 Å². The minimum Gasteiger partial charge on any atom is -0.453 e. The number of hydrogen-bond acceptors (Lipinski definition) is 4. The number of nitrogens with zero attached hydrogens (tertiary/aromatic N) is 1. The normalized spacial score (nSPS) is 10.4. The Morgan fingerprint density at radius 2 is 2.05 bits per heavy atom. The molecule has 3 aromatic rings. The Morgan fingerprint density at radius 3 is 2.91 bits per heavy atom. The molecule has 1 heterocycles. The van der Waals surface area contributed by atoms with Crippen molar-refractivity contribution in [1.82, 2.24) is 10.2 Å². The standard InChI is InChI=1S/C16H16N4O2/c1-22-16(21)19-14-7-3-6-13(8-14)17-9-11-4-2-5-12-10-18-20-15(11)12/h2-8,10,17H,9H2,1H3,(H,18,20)(H,19,21). The lowest BCUT2D eigenvalue weighted by molar-refractivity contribution is 0.187. The van der Waals surface area contributed by atoms with Crippen LogP contribution >= 0.6 is 0 Å². The average Bonchev–Trinajstić information content (AvgIpc) is 3.02. The van der Waals surface area contributed by atoms with Gasteiger partial charge in [-0.1, -0.05) is 24.3 Å². The Bertz CT molecular complexity index is 797. The summed E-state index contributed by atoms with van der Waals surface area (Å²) in [6, 6.07) is 13.5. The Morgan fingerprint density at radius 1 is 1.23 bits per heavy atom. The predicted molar refractivity (Wildman–Crippen MR) is 85.9 cm³/mol. The van der Waals surface area contributed by atoms with Crippen molar-refractivity contribution in [3.8, 4) is 0 Å². The average molecular weight is 296 g/mol. The van der Waals surface area contributed by atoms with Crippen LogP contribution in [0.25, 0.3) is 10.9 Å². The maximum Gasteiger partial charge on any atom is 0.411 e. The van der Waals surface area contributed by atoms with E-state index in [-0.39, 0.29) is 0 Å². The van der Waals surface area contributed by atoms with Crippen LogP contribution in [0.3, 0.4) is 0 Å². The summed E-state index contributed by atoms with van der Waals surface area (Å²) in [5.74, 6) is 0. The van der Waals surface area contributed by atoms with Crippen LogP contribution in [-0.2, 0) is 11.3 Å². The van der Waals surface area contributed by atoms with Gasteiger partial charge in [0.2, 0.25) is 0 Å². The quantitative estimate of drug-likeness (QED) is 0.690. The summed E-state index contributed by atoms with van der Waals surface area (Å²) < 4.78 is 4.58. The second kappa shape index (κ2) is 6.17. The fourth-order valence-corrected chi connectivity index (χ4v) is 2.25. The maximum atomic E-state index is 11.2. The van der Waals surface area contributed by atoms with Gasteiger partial charge >= 0.3 is 6.09 Å². The topological polar surface area (TPSA) is 79.0 Å². The number of methoxy groups -OCH3 is 1. The van der Waals surface area contributed by atoms with Gasteiger partial charge in [0.1, 0.15) is 0 Å². The fraction of sp³-hybridized carbons (Fsp3) is 0.125. The number of amides is 1. The van der Waals surface area contributed by atoms with E-state index in [1.54, 1.807) is 12.3 Å². The highest BCUT2D eigenvalue weighted by atomic mass is 16.5. The van der Waals surface area contributed by atoms with Crippen molar-refractivity contribution in [3.63, 3.8) is 0 Å². The molecule has 1 amide bonds. The van der Waals surface area contributed by atoms with Gasteiger partial charge in [-0.3, -0.25) is 10.4 Å². The van der Waals surface area contributed by atoms with Gasteiger partial charge in [0.25, 0.3) is 0 Å². The van der Waals surface area contributed by atoms with Crippen molar-refractivity contribution in [2.24, 2.45) is 0 Å². The Labute approximate surface area is 127 Å². The van der Waals surface area contributed by atoms with Crippen LogP contribution in [0.5, 0.6) is 0 Å². The van der Waals surface area contributed by atoms with Crippen LogP contribution in [0, 0.1) is 0 Å². The Kier molecular flexibility index (Phi) is 3.91. The zero-order valence-electron chi connectivity index (χ0n) is 12.1. The molecule has 0 unspecified atom stereocenters.